The Labute approximate surface area is 116 Å². The Morgan fingerprint density at radius 1 is 1.30 bits per heavy atom. The highest BCUT2D eigenvalue weighted by Crippen LogP contribution is 2.29. The van der Waals surface area contributed by atoms with Crippen molar-refractivity contribution < 1.29 is 9.13 Å². The van der Waals surface area contributed by atoms with Crippen molar-refractivity contribution in [2.75, 3.05) is 36.5 Å². The zero-order valence-electron chi connectivity index (χ0n) is 10.8. The smallest absolute Gasteiger partial charge is 0.148 e. The van der Waals surface area contributed by atoms with Gasteiger partial charge in [0, 0.05) is 19.3 Å². The van der Waals surface area contributed by atoms with E-state index >= 15 is 0 Å². The van der Waals surface area contributed by atoms with Crippen molar-refractivity contribution >= 4 is 11.4 Å². The summed E-state index contributed by atoms with van der Waals surface area (Å²) in [6.07, 6.45) is 1.21. The number of benzene rings is 1. The average molecular weight is 272 g/mol. The molecule has 1 fully saturated rings. The maximum absolute atomic E-state index is 13.9. The summed E-state index contributed by atoms with van der Waals surface area (Å²) in [5, 5.41) is 20.1. The molecule has 1 saturated heterocycles. The fraction of sp³-hybridized carbons (Fsp3) is 0.286. The van der Waals surface area contributed by atoms with Gasteiger partial charge in [-0.3, -0.25) is 0 Å². The van der Waals surface area contributed by atoms with Crippen molar-refractivity contribution in [3.05, 3.63) is 35.8 Å². The number of rotatable bonds is 3. The van der Waals surface area contributed by atoms with Crippen LogP contribution in [0.2, 0.25) is 0 Å². The van der Waals surface area contributed by atoms with Gasteiger partial charge in [0.05, 0.1) is 24.6 Å². The lowest BCUT2D eigenvalue weighted by Gasteiger charge is -2.30. The SMILES string of the molecule is N#CC(C#N)=CNc1c(F)cccc1N1CCOCC1. The lowest BCUT2D eigenvalue weighted by Crippen LogP contribution is -2.36. The number of anilines is 2. The zero-order valence-corrected chi connectivity index (χ0v) is 10.8. The Hall–Kier alpha value is -2.57. The van der Waals surface area contributed by atoms with Crippen molar-refractivity contribution in [2.45, 2.75) is 0 Å². The normalized spacial score (nSPS) is 14.1. The molecule has 0 aliphatic carbocycles. The largest absolute Gasteiger partial charge is 0.378 e. The van der Waals surface area contributed by atoms with E-state index in [2.05, 4.69) is 5.32 Å². The summed E-state index contributed by atoms with van der Waals surface area (Å²) >= 11 is 0. The van der Waals surface area contributed by atoms with Gasteiger partial charge in [0.2, 0.25) is 0 Å². The van der Waals surface area contributed by atoms with E-state index in [0.29, 0.717) is 32.0 Å². The summed E-state index contributed by atoms with van der Waals surface area (Å²) in [6.45, 7) is 2.53. The number of ether oxygens (including phenoxy) is 1. The molecule has 2 rings (SSSR count). The van der Waals surface area contributed by atoms with Crippen LogP contribution in [0.1, 0.15) is 0 Å². The summed E-state index contributed by atoms with van der Waals surface area (Å²) < 4.78 is 19.2. The highest BCUT2D eigenvalue weighted by molar-refractivity contribution is 5.72. The lowest BCUT2D eigenvalue weighted by molar-refractivity contribution is 0.122. The third-order valence-corrected chi connectivity index (χ3v) is 2.95. The minimum Gasteiger partial charge on any atom is -0.378 e. The molecule has 1 aromatic carbocycles. The van der Waals surface area contributed by atoms with Gasteiger partial charge in [-0.15, -0.1) is 0 Å². The molecule has 0 amide bonds. The van der Waals surface area contributed by atoms with Crippen LogP contribution in [0.25, 0.3) is 0 Å². The van der Waals surface area contributed by atoms with Crippen molar-refractivity contribution in [3.63, 3.8) is 0 Å². The summed E-state index contributed by atoms with van der Waals surface area (Å²) in [5.74, 6) is -0.430. The Morgan fingerprint density at radius 2 is 2.00 bits per heavy atom. The van der Waals surface area contributed by atoms with Crippen LogP contribution in [0.4, 0.5) is 15.8 Å². The minimum atomic E-state index is -0.430. The first-order chi connectivity index (χ1) is 9.76. The van der Waals surface area contributed by atoms with E-state index < -0.39 is 5.82 Å². The second-order valence-electron chi connectivity index (χ2n) is 4.16. The fourth-order valence-corrected chi connectivity index (χ4v) is 1.96. The molecular weight excluding hydrogens is 259 g/mol. The molecule has 0 spiro atoms. The predicted molar refractivity (Wildman–Crippen MR) is 72.4 cm³/mol. The molecule has 0 bridgehead atoms. The average Bonchev–Trinajstić information content (AvgIpc) is 2.50. The van der Waals surface area contributed by atoms with Crippen molar-refractivity contribution in [1.29, 1.82) is 10.5 Å². The summed E-state index contributed by atoms with van der Waals surface area (Å²) in [6, 6.07) is 8.20. The Kier molecular flexibility index (Phi) is 4.54. The van der Waals surface area contributed by atoms with Crippen LogP contribution in [0.15, 0.2) is 30.0 Å². The number of allylic oxidation sites excluding steroid dienone is 1. The summed E-state index contributed by atoms with van der Waals surface area (Å²) in [4.78, 5) is 2.00. The molecule has 0 radical (unpaired) electrons. The van der Waals surface area contributed by atoms with Crippen LogP contribution in [0.3, 0.4) is 0 Å². The summed E-state index contributed by atoms with van der Waals surface area (Å²) in [5.41, 5.74) is 0.846. The number of nitrogens with one attached hydrogen (secondary N) is 1. The first-order valence-corrected chi connectivity index (χ1v) is 6.14. The van der Waals surface area contributed by atoms with Gasteiger partial charge >= 0.3 is 0 Å². The van der Waals surface area contributed by atoms with Crippen LogP contribution in [-0.2, 0) is 4.74 Å². The van der Waals surface area contributed by atoms with Crippen LogP contribution in [-0.4, -0.2) is 26.3 Å². The molecule has 1 N–H and O–H groups in total. The van der Waals surface area contributed by atoms with Crippen LogP contribution in [0, 0.1) is 28.5 Å². The van der Waals surface area contributed by atoms with E-state index in [9.17, 15) is 4.39 Å². The molecule has 102 valence electrons. The van der Waals surface area contributed by atoms with E-state index in [4.69, 9.17) is 15.3 Å². The third kappa shape index (κ3) is 3.05. The molecule has 20 heavy (non-hydrogen) atoms. The van der Waals surface area contributed by atoms with E-state index in [-0.39, 0.29) is 11.3 Å². The second-order valence-corrected chi connectivity index (χ2v) is 4.16. The van der Waals surface area contributed by atoms with E-state index in [1.54, 1.807) is 24.3 Å². The molecule has 1 heterocycles. The molecular formula is C14H13FN4O. The van der Waals surface area contributed by atoms with Gasteiger partial charge in [0.25, 0.3) is 0 Å². The maximum atomic E-state index is 13.9. The van der Waals surface area contributed by atoms with Gasteiger partial charge in [-0.25, -0.2) is 4.39 Å². The van der Waals surface area contributed by atoms with E-state index in [1.165, 1.54) is 12.3 Å². The van der Waals surface area contributed by atoms with Crippen molar-refractivity contribution in [3.8, 4) is 12.1 Å². The van der Waals surface area contributed by atoms with Crippen molar-refractivity contribution in [2.24, 2.45) is 0 Å². The van der Waals surface area contributed by atoms with Crippen LogP contribution < -0.4 is 10.2 Å². The highest BCUT2D eigenvalue weighted by Gasteiger charge is 2.16. The van der Waals surface area contributed by atoms with E-state index in [0.717, 1.165) is 0 Å². The van der Waals surface area contributed by atoms with Gasteiger partial charge in [-0.05, 0) is 12.1 Å². The minimum absolute atomic E-state index is 0.110. The lowest BCUT2D eigenvalue weighted by atomic mass is 10.2. The van der Waals surface area contributed by atoms with Crippen LogP contribution >= 0.6 is 0 Å². The fourth-order valence-electron chi connectivity index (χ4n) is 1.96. The molecule has 0 aromatic heterocycles. The van der Waals surface area contributed by atoms with Gasteiger partial charge in [-0.1, -0.05) is 6.07 Å². The number of para-hydroxylation sites is 1. The first-order valence-electron chi connectivity index (χ1n) is 6.14. The van der Waals surface area contributed by atoms with Crippen LogP contribution in [0.5, 0.6) is 0 Å². The molecule has 0 saturated carbocycles. The van der Waals surface area contributed by atoms with Gasteiger partial charge in [0.15, 0.2) is 0 Å². The van der Waals surface area contributed by atoms with Gasteiger partial charge < -0.3 is 15.0 Å². The Morgan fingerprint density at radius 3 is 2.65 bits per heavy atom. The highest BCUT2D eigenvalue weighted by atomic mass is 19.1. The zero-order chi connectivity index (χ0) is 14.4. The topological polar surface area (TPSA) is 72.1 Å². The number of nitriles is 2. The molecule has 0 atom stereocenters. The molecule has 1 aromatic rings. The first kappa shape index (κ1) is 13.9. The maximum Gasteiger partial charge on any atom is 0.148 e. The molecule has 0 unspecified atom stereocenters. The van der Waals surface area contributed by atoms with Gasteiger partial charge in [0.1, 0.15) is 23.5 Å². The number of nitrogens with zero attached hydrogens (tertiary/aromatic N) is 3. The molecule has 5 nitrogen and oxygen atoms in total. The Balaban J connectivity index is 2.29. The molecule has 1 aliphatic heterocycles. The monoisotopic (exact) mass is 272 g/mol. The predicted octanol–water partition coefficient (Wildman–Crippen LogP) is 2.01. The quantitative estimate of drug-likeness (QED) is 0.852. The number of hydrogen-bond acceptors (Lipinski definition) is 5. The molecule has 6 heteroatoms. The van der Waals surface area contributed by atoms with E-state index in [1.807, 2.05) is 4.90 Å². The standard InChI is InChI=1S/C14H13FN4O/c15-12-2-1-3-13(19-4-6-20-7-5-19)14(12)18-10-11(8-16)9-17/h1-3,10,18H,4-7H2. The third-order valence-electron chi connectivity index (χ3n) is 2.95. The Bertz CT molecular complexity index is 578. The number of hydrogen-bond donors (Lipinski definition) is 1. The number of morpholine rings is 1. The second kappa shape index (κ2) is 6.55. The van der Waals surface area contributed by atoms with Gasteiger partial charge in [-0.2, -0.15) is 10.5 Å². The summed E-state index contributed by atoms with van der Waals surface area (Å²) in [7, 11) is 0. The number of halogens is 1. The molecule has 1 aliphatic rings. The van der Waals surface area contributed by atoms with Crippen molar-refractivity contribution in [1.82, 2.24) is 0 Å².